The van der Waals surface area contributed by atoms with Gasteiger partial charge >= 0.3 is 0 Å². The fourth-order valence-electron chi connectivity index (χ4n) is 3.11. The van der Waals surface area contributed by atoms with Crippen LogP contribution in [0.4, 0.5) is 0 Å². The lowest BCUT2D eigenvalue weighted by Crippen LogP contribution is -2.41. The summed E-state index contributed by atoms with van der Waals surface area (Å²) in [5, 5.41) is 19.0. The molecule has 1 aromatic heterocycles. The van der Waals surface area contributed by atoms with Crippen molar-refractivity contribution in [2.24, 2.45) is 0 Å². The number of H-pyrrole nitrogens is 1. The second-order valence-electron chi connectivity index (χ2n) is 6.17. The Balaban J connectivity index is 1.45. The number of nitrogens with one attached hydrogen (secondary N) is 1. The zero-order valence-corrected chi connectivity index (χ0v) is 13.6. The monoisotopic (exact) mass is 326 g/mol. The molecule has 24 heavy (non-hydrogen) atoms. The summed E-state index contributed by atoms with van der Waals surface area (Å²) >= 11 is 0. The molecule has 0 saturated carbocycles. The molecule has 6 nitrogen and oxygen atoms in total. The highest BCUT2D eigenvalue weighted by atomic mass is 16.5. The fourth-order valence-corrected chi connectivity index (χ4v) is 3.11. The maximum Gasteiger partial charge on any atom is 0.119 e. The van der Waals surface area contributed by atoms with Gasteiger partial charge in [0.05, 0.1) is 11.6 Å². The molecule has 0 spiro atoms. The first-order chi connectivity index (χ1) is 11.7. The van der Waals surface area contributed by atoms with Gasteiger partial charge in [-0.3, -0.25) is 4.90 Å². The third-order valence-corrected chi connectivity index (χ3v) is 4.31. The van der Waals surface area contributed by atoms with Crippen molar-refractivity contribution >= 4 is 0 Å². The van der Waals surface area contributed by atoms with Crippen LogP contribution in [0.25, 0.3) is 0 Å². The van der Waals surface area contributed by atoms with E-state index in [1.807, 2.05) is 6.20 Å². The number of piperidine rings is 1. The van der Waals surface area contributed by atoms with Crippen molar-refractivity contribution in [1.29, 1.82) is 5.26 Å². The average Bonchev–Trinajstić information content (AvgIpc) is 3.15. The topological polar surface area (TPSA) is 85.2 Å². The van der Waals surface area contributed by atoms with Crippen molar-refractivity contribution in [3.63, 3.8) is 0 Å². The highest BCUT2D eigenvalue weighted by molar-refractivity contribution is 5.34. The lowest BCUT2D eigenvalue weighted by Gasteiger charge is -2.33. The predicted octanol–water partition coefficient (Wildman–Crippen LogP) is 1.90. The van der Waals surface area contributed by atoms with Crippen molar-refractivity contribution in [2.45, 2.75) is 24.9 Å². The minimum absolute atomic E-state index is 0.244. The van der Waals surface area contributed by atoms with Crippen molar-refractivity contribution in [3.8, 4) is 11.8 Å². The van der Waals surface area contributed by atoms with Crippen LogP contribution in [-0.2, 0) is 0 Å². The quantitative estimate of drug-likeness (QED) is 0.847. The molecule has 126 valence electrons. The van der Waals surface area contributed by atoms with E-state index < -0.39 is 6.10 Å². The molecule has 2 N–H and O–H groups in total. The van der Waals surface area contributed by atoms with E-state index in [0.29, 0.717) is 23.8 Å². The summed E-state index contributed by atoms with van der Waals surface area (Å²) in [7, 11) is 0. The van der Waals surface area contributed by atoms with Crippen LogP contribution in [-0.4, -0.2) is 52.3 Å². The van der Waals surface area contributed by atoms with Gasteiger partial charge in [0.15, 0.2) is 0 Å². The Morgan fingerprint density at radius 2 is 2.25 bits per heavy atom. The highest BCUT2D eigenvalue weighted by Gasteiger charge is 2.24. The lowest BCUT2D eigenvalue weighted by atomic mass is 9.97. The van der Waals surface area contributed by atoms with Crippen molar-refractivity contribution < 1.29 is 9.84 Å². The molecule has 0 amide bonds. The normalized spacial score (nSPS) is 19.6. The molecule has 2 aromatic rings. The number of aliphatic hydroxyl groups is 1. The van der Waals surface area contributed by atoms with Crippen LogP contribution in [0.3, 0.4) is 0 Å². The molecule has 1 aliphatic heterocycles. The molecule has 2 heterocycles. The van der Waals surface area contributed by atoms with Crippen molar-refractivity contribution in [2.75, 3.05) is 26.2 Å². The van der Waals surface area contributed by atoms with E-state index >= 15 is 0 Å². The van der Waals surface area contributed by atoms with Crippen molar-refractivity contribution in [3.05, 3.63) is 48.0 Å². The Labute approximate surface area is 141 Å². The number of benzene rings is 1. The minimum atomic E-state index is -0.545. The number of aromatic nitrogens is 2. The first-order valence-electron chi connectivity index (χ1n) is 8.27. The first kappa shape index (κ1) is 16.5. The van der Waals surface area contributed by atoms with Gasteiger partial charge < -0.3 is 14.8 Å². The molecule has 0 radical (unpaired) electrons. The van der Waals surface area contributed by atoms with Crippen LogP contribution in [0, 0.1) is 11.3 Å². The summed E-state index contributed by atoms with van der Waals surface area (Å²) in [5.74, 6) is 2.10. The van der Waals surface area contributed by atoms with E-state index in [2.05, 4.69) is 20.9 Å². The highest BCUT2D eigenvalue weighted by Crippen LogP contribution is 2.24. The van der Waals surface area contributed by atoms with Crippen LogP contribution in [0.15, 0.2) is 36.7 Å². The van der Waals surface area contributed by atoms with Gasteiger partial charge in [-0.05, 0) is 43.7 Å². The molecule has 1 saturated heterocycles. The maximum atomic E-state index is 10.2. The van der Waals surface area contributed by atoms with E-state index in [4.69, 9.17) is 10.00 Å². The van der Waals surface area contributed by atoms with Crippen LogP contribution < -0.4 is 4.74 Å². The number of hydrogen-bond donors (Lipinski definition) is 2. The maximum absolute atomic E-state index is 10.2. The Bertz CT molecular complexity index is 663. The number of aromatic amines is 1. The second-order valence-corrected chi connectivity index (χ2v) is 6.17. The summed E-state index contributed by atoms with van der Waals surface area (Å²) < 4.78 is 5.60. The Morgan fingerprint density at radius 1 is 1.42 bits per heavy atom. The molecule has 1 aromatic carbocycles. The summed E-state index contributed by atoms with van der Waals surface area (Å²) in [5.41, 5.74) is 0.597. The number of aliphatic hydroxyl groups excluding tert-OH is 1. The standard InChI is InChI=1S/C18H22N4O2/c19-10-14-3-5-17(6-4-14)24-13-16(23)12-22-9-1-2-15(11-22)18-20-7-8-21-18/h3-8,15-16,23H,1-2,9,11-13H2,(H,20,21). The largest absolute Gasteiger partial charge is 0.491 e. The molecule has 1 fully saturated rings. The number of imidazole rings is 1. The van der Waals surface area contributed by atoms with Gasteiger partial charge in [-0.2, -0.15) is 5.26 Å². The van der Waals surface area contributed by atoms with Gasteiger partial charge in [-0.1, -0.05) is 0 Å². The van der Waals surface area contributed by atoms with Crippen LogP contribution in [0.1, 0.15) is 30.1 Å². The van der Waals surface area contributed by atoms with Gasteiger partial charge in [0, 0.05) is 31.4 Å². The van der Waals surface area contributed by atoms with Gasteiger partial charge in [-0.15, -0.1) is 0 Å². The number of rotatable bonds is 6. The lowest BCUT2D eigenvalue weighted by molar-refractivity contribution is 0.0578. The zero-order chi connectivity index (χ0) is 16.8. The van der Waals surface area contributed by atoms with E-state index in [0.717, 1.165) is 31.8 Å². The molecule has 2 atom stereocenters. The molecule has 1 aliphatic rings. The zero-order valence-electron chi connectivity index (χ0n) is 13.6. The number of likely N-dealkylation sites (tertiary alicyclic amines) is 1. The predicted molar refractivity (Wildman–Crippen MR) is 89.7 cm³/mol. The molecule has 6 heteroatoms. The number of hydrogen-bond acceptors (Lipinski definition) is 5. The second kappa shape index (κ2) is 7.95. The number of nitrogens with zero attached hydrogens (tertiary/aromatic N) is 3. The summed E-state index contributed by atoms with van der Waals surface area (Å²) in [6.45, 7) is 2.73. The average molecular weight is 326 g/mol. The van der Waals surface area contributed by atoms with Crippen LogP contribution in [0.5, 0.6) is 5.75 Å². The number of ether oxygens (including phenoxy) is 1. The Hall–Kier alpha value is -2.36. The SMILES string of the molecule is N#Cc1ccc(OCC(O)CN2CCCC(c3ncc[nH]3)C2)cc1. The number of β-amino-alcohol motifs (C(OH)–C–C–N with tert-alkyl or cyclic N) is 1. The molecular formula is C18H22N4O2. The van der Waals surface area contributed by atoms with Gasteiger partial charge in [0.2, 0.25) is 0 Å². The fraction of sp³-hybridized carbons (Fsp3) is 0.444. The van der Waals surface area contributed by atoms with Gasteiger partial charge in [0.25, 0.3) is 0 Å². The van der Waals surface area contributed by atoms with E-state index in [-0.39, 0.29) is 6.61 Å². The summed E-state index contributed by atoms with van der Waals surface area (Å²) in [4.78, 5) is 9.81. The Kier molecular flexibility index (Phi) is 5.47. The summed E-state index contributed by atoms with van der Waals surface area (Å²) in [6, 6.07) is 8.99. The smallest absolute Gasteiger partial charge is 0.119 e. The van der Waals surface area contributed by atoms with E-state index in [9.17, 15) is 5.11 Å². The first-order valence-corrected chi connectivity index (χ1v) is 8.27. The minimum Gasteiger partial charge on any atom is -0.491 e. The molecule has 0 aliphatic carbocycles. The van der Waals surface area contributed by atoms with E-state index in [1.54, 1.807) is 30.5 Å². The third kappa shape index (κ3) is 4.34. The van der Waals surface area contributed by atoms with Gasteiger partial charge in [0.1, 0.15) is 24.3 Å². The molecule has 3 rings (SSSR count). The third-order valence-electron chi connectivity index (χ3n) is 4.31. The number of nitriles is 1. The molecule has 2 unspecified atom stereocenters. The van der Waals surface area contributed by atoms with Crippen LogP contribution >= 0.6 is 0 Å². The molecule has 0 bridgehead atoms. The van der Waals surface area contributed by atoms with Crippen molar-refractivity contribution in [1.82, 2.24) is 14.9 Å². The Morgan fingerprint density at radius 3 is 2.96 bits per heavy atom. The molecular weight excluding hydrogens is 304 g/mol. The van der Waals surface area contributed by atoms with E-state index in [1.165, 1.54) is 0 Å². The summed E-state index contributed by atoms with van der Waals surface area (Å²) in [6.07, 6.45) is 5.33. The van der Waals surface area contributed by atoms with Crippen LogP contribution in [0.2, 0.25) is 0 Å². The van der Waals surface area contributed by atoms with Gasteiger partial charge in [-0.25, -0.2) is 4.98 Å².